The first-order valence-electron chi connectivity index (χ1n) is 13.3. The van der Waals surface area contributed by atoms with Crippen molar-refractivity contribution >= 4 is 16.7 Å². The molecule has 0 saturated heterocycles. The normalized spacial score (nSPS) is 31.4. The maximum atomic E-state index is 14.2. The van der Waals surface area contributed by atoms with Crippen LogP contribution in [0.5, 0.6) is 5.75 Å². The smallest absolute Gasteiger partial charge is 0.420 e. The second kappa shape index (κ2) is 9.83. The molecule has 5 nitrogen and oxygen atoms in total. The van der Waals surface area contributed by atoms with Gasteiger partial charge in [0.25, 0.3) is 0 Å². The molecule has 0 spiro atoms. The number of fused-ring (bicyclic) bond motifs is 4. The summed E-state index contributed by atoms with van der Waals surface area (Å²) in [7, 11) is 0. The molecule has 39 heavy (non-hydrogen) atoms. The molecule has 11 heteroatoms. The van der Waals surface area contributed by atoms with E-state index in [1.807, 2.05) is 0 Å². The molecule has 2 aromatic rings. The van der Waals surface area contributed by atoms with Crippen LogP contribution < -0.4 is 10.1 Å². The first-order chi connectivity index (χ1) is 18.2. The second-order valence-electron chi connectivity index (χ2n) is 11.4. The van der Waals surface area contributed by atoms with Gasteiger partial charge >= 0.3 is 18.3 Å². The molecule has 4 aliphatic rings. The Hall–Kier alpha value is -2.53. The third-order valence-electron chi connectivity index (χ3n) is 9.17. The van der Waals surface area contributed by atoms with Crippen LogP contribution >= 0.6 is 0 Å². The van der Waals surface area contributed by atoms with Gasteiger partial charge in [0.15, 0.2) is 0 Å². The van der Waals surface area contributed by atoms with E-state index in [4.69, 9.17) is 4.74 Å². The first-order valence-corrected chi connectivity index (χ1v) is 13.3. The standard InChI is InChI=1S/C28H31F6NO4/c29-27(30,31)18-3-5-19(6-4-18)39-21-8-2-17-13-16(1-7-20(17)23(21)28(32,33)34)15-35-25-9-11-26(12-10-25,24(37)38)22(36)14-25/h1-2,7-8,13,18-19,22,35-36H,3-6,9-12,14-15H2,(H,37,38)/t18-,19+,22?,25?,26?. The lowest BCUT2D eigenvalue weighted by Gasteiger charge is -2.54. The number of carbonyl (C=O) groups is 1. The molecule has 4 fully saturated rings. The molecule has 4 aliphatic carbocycles. The molecule has 214 valence electrons. The summed E-state index contributed by atoms with van der Waals surface area (Å²) in [5.74, 6) is -2.81. The number of hydrogen-bond acceptors (Lipinski definition) is 4. The highest BCUT2D eigenvalue weighted by Gasteiger charge is 2.58. The van der Waals surface area contributed by atoms with E-state index in [-0.39, 0.29) is 36.8 Å². The number of alkyl halides is 6. The predicted molar refractivity (Wildman–Crippen MR) is 130 cm³/mol. The minimum Gasteiger partial charge on any atom is -0.490 e. The minimum absolute atomic E-state index is 0.0359. The van der Waals surface area contributed by atoms with Gasteiger partial charge in [-0.05, 0) is 86.3 Å². The van der Waals surface area contributed by atoms with Crippen molar-refractivity contribution in [3.8, 4) is 5.75 Å². The van der Waals surface area contributed by atoms with E-state index in [1.165, 1.54) is 18.2 Å². The van der Waals surface area contributed by atoms with Crippen LogP contribution in [0, 0.1) is 11.3 Å². The topological polar surface area (TPSA) is 78.8 Å². The number of benzene rings is 2. The van der Waals surface area contributed by atoms with Gasteiger partial charge in [-0.3, -0.25) is 4.79 Å². The molecule has 1 atom stereocenters. The Balaban J connectivity index is 1.31. The quantitative estimate of drug-likeness (QED) is 0.348. The Morgan fingerprint density at radius 1 is 0.974 bits per heavy atom. The molecule has 1 unspecified atom stereocenters. The van der Waals surface area contributed by atoms with Crippen molar-refractivity contribution in [3.63, 3.8) is 0 Å². The summed E-state index contributed by atoms with van der Waals surface area (Å²) in [6.07, 6.45) is -8.77. The van der Waals surface area contributed by atoms with Crippen LogP contribution in [0.4, 0.5) is 26.3 Å². The van der Waals surface area contributed by atoms with Crippen LogP contribution in [0.2, 0.25) is 0 Å². The van der Waals surface area contributed by atoms with Gasteiger partial charge in [-0.2, -0.15) is 26.3 Å². The summed E-state index contributed by atoms with van der Waals surface area (Å²) < 4.78 is 87.0. The molecule has 0 heterocycles. The fraction of sp³-hybridized carbons (Fsp3) is 0.607. The fourth-order valence-corrected chi connectivity index (χ4v) is 6.72. The average Bonchev–Trinajstić information content (AvgIpc) is 2.87. The molecule has 3 N–H and O–H groups in total. The van der Waals surface area contributed by atoms with E-state index in [2.05, 4.69) is 5.32 Å². The lowest BCUT2D eigenvalue weighted by atomic mass is 9.55. The molecular weight excluding hydrogens is 528 g/mol. The van der Waals surface area contributed by atoms with Gasteiger partial charge < -0.3 is 20.3 Å². The summed E-state index contributed by atoms with van der Waals surface area (Å²) in [5, 5.41) is 23.9. The maximum Gasteiger partial charge on any atom is 0.420 e. The molecule has 0 amide bonds. The van der Waals surface area contributed by atoms with E-state index in [1.54, 1.807) is 12.1 Å². The van der Waals surface area contributed by atoms with Crippen molar-refractivity contribution in [1.29, 1.82) is 0 Å². The highest BCUT2D eigenvalue weighted by atomic mass is 19.4. The molecule has 0 radical (unpaired) electrons. The minimum atomic E-state index is -4.73. The molecule has 6 rings (SSSR count). The van der Waals surface area contributed by atoms with Crippen molar-refractivity contribution in [2.45, 2.75) is 94.4 Å². The van der Waals surface area contributed by atoms with Crippen LogP contribution in [0.3, 0.4) is 0 Å². The molecule has 4 saturated carbocycles. The van der Waals surface area contributed by atoms with E-state index in [0.717, 1.165) is 5.56 Å². The Morgan fingerprint density at radius 2 is 1.64 bits per heavy atom. The zero-order valence-corrected chi connectivity index (χ0v) is 21.2. The van der Waals surface area contributed by atoms with Gasteiger partial charge in [-0.15, -0.1) is 0 Å². The number of hydrogen-bond donors (Lipinski definition) is 3. The van der Waals surface area contributed by atoms with Gasteiger partial charge in [0.05, 0.1) is 23.5 Å². The van der Waals surface area contributed by atoms with Crippen LogP contribution in [-0.4, -0.2) is 40.1 Å². The highest BCUT2D eigenvalue weighted by molar-refractivity contribution is 5.89. The number of halogens is 6. The number of aliphatic hydroxyl groups excluding tert-OH is 1. The number of aliphatic carboxylic acids is 1. The summed E-state index contributed by atoms with van der Waals surface area (Å²) in [6.45, 7) is 0.338. The largest absolute Gasteiger partial charge is 0.490 e. The van der Waals surface area contributed by atoms with Crippen molar-refractivity contribution in [3.05, 3.63) is 41.5 Å². The Kier molecular flexibility index (Phi) is 7.06. The number of ether oxygens (including phenoxy) is 1. The van der Waals surface area contributed by atoms with Crippen molar-refractivity contribution in [2.24, 2.45) is 11.3 Å². The Morgan fingerprint density at radius 3 is 2.21 bits per heavy atom. The van der Waals surface area contributed by atoms with Crippen molar-refractivity contribution in [2.75, 3.05) is 0 Å². The average molecular weight is 560 g/mol. The fourth-order valence-electron chi connectivity index (χ4n) is 6.72. The second-order valence-corrected chi connectivity index (χ2v) is 11.4. The van der Waals surface area contributed by atoms with E-state index < -0.39 is 53.0 Å². The Bertz CT molecular complexity index is 1230. The monoisotopic (exact) mass is 559 g/mol. The van der Waals surface area contributed by atoms with Gasteiger partial charge in [0.2, 0.25) is 0 Å². The lowest BCUT2D eigenvalue weighted by Crippen LogP contribution is -2.62. The van der Waals surface area contributed by atoms with Crippen molar-refractivity contribution < 1.29 is 46.1 Å². The summed E-state index contributed by atoms with van der Waals surface area (Å²) >= 11 is 0. The molecule has 0 aromatic heterocycles. The number of carboxylic acid groups (broad SMARTS) is 1. The van der Waals surface area contributed by atoms with Crippen LogP contribution in [0.25, 0.3) is 10.8 Å². The lowest BCUT2D eigenvalue weighted by molar-refractivity contribution is -0.185. The number of rotatable bonds is 6. The summed E-state index contributed by atoms with van der Waals surface area (Å²) in [5.41, 5.74) is -1.73. The molecule has 2 bridgehead atoms. The molecule has 2 aromatic carbocycles. The van der Waals surface area contributed by atoms with Crippen LogP contribution in [0.1, 0.15) is 68.9 Å². The highest BCUT2D eigenvalue weighted by Crippen LogP contribution is 2.52. The van der Waals surface area contributed by atoms with Crippen molar-refractivity contribution in [1.82, 2.24) is 5.32 Å². The van der Waals surface area contributed by atoms with Crippen LogP contribution in [-0.2, 0) is 17.5 Å². The number of carboxylic acids is 1. The van der Waals surface area contributed by atoms with Gasteiger partial charge in [0, 0.05) is 12.1 Å². The van der Waals surface area contributed by atoms with E-state index in [0.29, 0.717) is 44.0 Å². The number of aliphatic hydroxyl groups is 1. The first kappa shape index (κ1) is 28.0. The third-order valence-corrected chi connectivity index (χ3v) is 9.17. The zero-order valence-electron chi connectivity index (χ0n) is 21.2. The van der Waals surface area contributed by atoms with Gasteiger partial charge in [-0.25, -0.2) is 0 Å². The predicted octanol–water partition coefficient (Wildman–Crippen LogP) is 6.60. The Labute approximate surface area is 221 Å². The summed E-state index contributed by atoms with van der Waals surface area (Å²) in [4.78, 5) is 11.7. The van der Waals surface area contributed by atoms with E-state index in [9.17, 15) is 41.4 Å². The van der Waals surface area contributed by atoms with Gasteiger partial charge in [-0.1, -0.05) is 18.2 Å². The zero-order chi connectivity index (χ0) is 28.2. The van der Waals surface area contributed by atoms with Gasteiger partial charge in [0.1, 0.15) is 11.3 Å². The SMILES string of the molecule is O=C(O)C12CCC(NCc3ccc4c(C(F)(F)F)c(O[C@H]5CC[C@@H](C(F)(F)F)CC5)ccc4c3)(CC1)CC2O. The maximum absolute atomic E-state index is 14.2. The summed E-state index contributed by atoms with van der Waals surface area (Å²) in [6, 6.07) is 7.38. The molecular formula is C28H31F6NO4. The van der Waals surface area contributed by atoms with Crippen LogP contribution in [0.15, 0.2) is 30.3 Å². The molecule has 0 aliphatic heterocycles. The third kappa shape index (κ3) is 5.31. The van der Waals surface area contributed by atoms with E-state index >= 15 is 0 Å². The number of nitrogens with one attached hydrogen (secondary N) is 1.